The van der Waals surface area contributed by atoms with Crippen LogP contribution < -0.4 is 5.32 Å². The maximum atomic E-state index is 11.4. The van der Waals surface area contributed by atoms with Crippen LogP contribution in [0.15, 0.2) is 6.20 Å². The van der Waals surface area contributed by atoms with Crippen molar-refractivity contribution in [1.82, 2.24) is 10.3 Å². The maximum Gasteiger partial charge on any atom is 0.280 e. The average Bonchev–Trinajstić information content (AvgIpc) is 2.62. The molecule has 1 fully saturated rings. The molecule has 1 aliphatic rings. The fraction of sp³-hybridized carbons (Fsp3) is 0.500. The summed E-state index contributed by atoms with van der Waals surface area (Å²) in [4.78, 5) is 15.3. The normalized spacial score (nSPS) is 25.7. The van der Waals surface area contributed by atoms with E-state index < -0.39 is 0 Å². The van der Waals surface area contributed by atoms with Crippen molar-refractivity contribution in [3.8, 4) is 0 Å². The Hall–Kier alpha value is -0.610. The minimum absolute atomic E-state index is 0.105. The summed E-state index contributed by atoms with van der Waals surface area (Å²) in [5.74, 6) is 0.505. The summed E-state index contributed by atoms with van der Waals surface area (Å²) in [6.45, 7) is 2.11. The van der Waals surface area contributed by atoms with E-state index in [2.05, 4.69) is 17.2 Å². The van der Waals surface area contributed by atoms with Gasteiger partial charge in [0, 0.05) is 6.04 Å². The largest absolute Gasteiger partial charge is 0.347 e. The van der Waals surface area contributed by atoms with Crippen LogP contribution in [0.2, 0.25) is 4.34 Å². The SMILES string of the molecule is CC1CC1NC(=O)c1ncc(Cl)s1. The van der Waals surface area contributed by atoms with E-state index in [0.29, 0.717) is 21.3 Å². The van der Waals surface area contributed by atoms with Crippen molar-refractivity contribution in [2.24, 2.45) is 5.92 Å². The number of carbonyl (C=O) groups excluding carboxylic acids is 1. The van der Waals surface area contributed by atoms with Crippen LogP contribution in [0.1, 0.15) is 23.1 Å². The van der Waals surface area contributed by atoms with E-state index in [4.69, 9.17) is 11.6 Å². The lowest BCUT2D eigenvalue weighted by Crippen LogP contribution is -2.26. The molecule has 2 rings (SSSR count). The summed E-state index contributed by atoms with van der Waals surface area (Å²) in [5, 5.41) is 3.33. The highest BCUT2D eigenvalue weighted by Crippen LogP contribution is 2.29. The van der Waals surface area contributed by atoms with Gasteiger partial charge in [0.25, 0.3) is 5.91 Å². The van der Waals surface area contributed by atoms with Gasteiger partial charge in [-0.2, -0.15) is 0 Å². The minimum Gasteiger partial charge on any atom is -0.347 e. The van der Waals surface area contributed by atoms with Crippen LogP contribution >= 0.6 is 22.9 Å². The summed E-state index contributed by atoms with van der Waals surface area (Å²) < 4.78 is 0.550. The Balaban J connectivity index is 1.97. The molecule has 1 N–H and O–H groups in total. The number of nitrogens with one attached hydrogen (secondary N) is 1. The van der Waals surface area contributed by atoms with Crippen LogP contribution in [0.25, 0.3) is 0 Å². The molecule has 1 aliphatic carbocycles. The number of carbonyl (C=O) groups is 1. The van der Waals surface area contributed by atoms with Gasteiger partial charge in [-0.25, -0.2) is 4.98 Å². The Morgan fingerprint density at radius 2 is 2.54 bits per heavy atom. The number of halogens is 1. The van der Waals surface area contributed by atoms with Crippen molar-refractivity contribution in [3.63, 3.8) is 0 Å². The first-order chi connectivity index (χ1) is 6.16. The highest BCUT2D eigenvalue weighted by Gasteiger charge is 2.34. The first kappa shape index (κ1) is 8.97. The molecule has 0 radical (unpaired) electrons. The molecule has 2 atom stereocenters. The molecule has 1 aromatic rings. The first-order valence-corrected chi connectivity index (χ1v) is 5.28. The molecule has 1 amide bonds. The summed E-state index contributed by atoms with van der Waals surface area (Å²) in [6, 6.07) is 0.343. The van der Waals surface area contributed by atoms with Gasteiger partial charge < -0.3 is 5.32 Å². The Kier molecular flexibility index (Phi) is 2.26. The highest BCUT2D eigenvalue weighted by atomic mass is 35.5. The molecule has 0 spiro atoms. The molecule has 0 aromatic carbocycles. The third-order valence-corrected chi connectivity index (χ3v) is 3.21. The number of hydrogen-bond acceptors (Lipinski definition) is 3. The quantitative estimate of drug-likeness (QED) is 0.821. The fourth-order valence-corrected chi connectivity index (χ4v) is 1.93. The maximum absolute atomic E-state index is 11.4. The van der Waals surface area contributed by atoms with E-state index >= 15 is 0 Å². The van der Waals surface area contributed by atoms with Crippen molar-refractivity contribution in [1.29, 1.82) is 0 Å². The van der Waals surface area contributed by atoms with Crippen LogP contribution in [-0.2, 0) is 0 Å². The molecule has 1 saturated carbocycles. The second kappa shape index (κ2) is 3.27. The average molecular weight is 217 g/mol. The molecular weight excluding hydrogens is 208 g/mol. The zero-order valence-corrected chi connectivity index (χ0v) is 8.65. The number of rotatable bonds is 2. The van der Waals surface area contributed by atoms with Crippen molar-refractivity contribution in [2.45, 2.75) is 19.4 Å². The van der Waals surface area contributed by atoms with E-state index in [1.165, 1.54) is 17.5 Å². The second-order valence-corrected chi connectivity index (χ2v) is 4.92. The van der Waals surface area contributed by atoms with Crippen LogP contribution in [0, 0.1) is 5.92 Å². The number of amides is 1. The second-order valence-electron chi connectivity index (χ2n) is 3.26. The van der Waals surface area contributed by atoms with Crippen LogP contribution in [0.5, 0.6) is 0 Å². The predicted molar refractivity (Wildman–Crippen MR) is 52.2 cm³/mol. The van der Waals surface area contributed by atoms with Gasteiger partial charge in [0.1, 0.15) is 4.34 Å². The number of hydrogen-bond donors (Lipinski definition) is 1. The van der Waals surface area contributed by atoms with Gasteiger partial charge in [-0.3, -0.25) is 4.79 Å². The number of thiazole rings is 1. The lowest BCUT2D eigenvalue weighted by Gasteiger charge is -1.98. The predicted octanol–water partition coefficient (Wildman–Crippen LogP) is 1.93. The Bertz CT molecular complexity index is 339. The van der Waals surface area contributed by atoms with Crippen molar-refractivity contribution >= 4 is 28.8 Å². The van der Waals surface area contributed by atoms with Gasteiger partial charge in [0.2, 0.25) is 0 Å². The topological polar surface area (TPSA) is 42.0 Å². The van der Waals surface area contributed by atoms with E-state index in [1.807, 2.05) is 0 Å². The summed E-state index contributed by atoms with van der Waals surface area (Å²) in [7, 11) is 0. The molecule has 0 saturated heterocycles. The van der Waals surface area contributed by atoms with E-state index in [-0.39, 0.29) is 5.91 Å². The van der Waals surface area contributed by atoms with E-state index in [0.717, 1.165) is 6.42 Å². The minimum atomic E-state index is -0.105. The van der Waals surface area contributed by atoms with Gasteiger partial charge in [0.15, 0.2) is 5.01 Å². The van der Waals surface area contributed by atoms with Crippen molar-refractivity contribution < 1.29 is 4.79 Å². The summed E-state index contributed by atoms with van der Waals surface area (Å²) >= 11 is 6.87. The standard InChI is InChI=1S/C8H9ClN2OS/c1-4-2-5(4)11-7(12)8-10-3-6(9)13-8/h3-5H,2H2,1H3,(H,11,12). The third-order valence-electron chi connectivity index (χ3n) is 2.10. The van der Waals surface area contributed by atoms with Gasteiger partial charge in [-0.1, -0.05) is 29.9 Å². The number of aromatic nitrogens is 1. The zero-order valence-electron chi connectivity index (χ0n) is 7.08. The molecule has 13 heavy (non-hydrogen) atoms. The molecule has 3 nitrogen and oxygen atoms in total. The van der Waals surface area contributed by atoms with Gasteiger partial charge in [-0.05, 0) is 12.3 Å². The Labute approximate surface area is 85.1 Å². The lowest BCUT2D eigenvalue weighted by molar-refractivity contribution is 0.0949. The summed E-state index contributed by atoms with van der Waals surface area (Å²) in [6.07, 6.45) is 2.57. The Morgan fingerprint density at radius 1 is 1.85 bits per heavy atom. The van der Waals surface area contributed by atoms with Crippen LogP contribution in [0.3, 0.4) is 0 Å². The molecule has 0 aliphatic heterocycles. The molecule has 2 unspecified atom stereocenters. The third kappa shape index (κ3) is 2.00. The monoisotopic (exact) mass is 216 g/mol. The van der Waals surface area contributed by atoms with Crippen molar-refractivity contribution in [3.05, 3.63) is 15.5 Å². The van der Waals surface area contributed by atoms with Gasteiger partial charge in [-0.15, -0.1) is 0 Å². The molecule has 70 valence electrons. The van der Waals surface area contributed by atoms with E-state index in [9.17, 15) is 4.79 Å². The fourth-order valence-electron chi connectivity index (χ4n) is 1.11. The number of nitrogens with zero attached hydrogens (tertiary/aromatic N) is 1. The Morgan fingerprint density at radius 3 is 3.00 bits per heavy atom. The van der Waals surface area contributed by atoms with Crippen molar-refractivity contribution in [2.75, 3.05) is 0 Å². The molecule has 5 heteroatoms. The lowest BCUT2D eigenvalue weighted by atomic mass is 10.4. The van der Waals surface area contributed by atoms with Crippen LogP contribution in [0.4, 0.5) is 0 Å². The molecule has 0 bridgehead atoms. The summed E-state index contributed by atoms with van der Waals surface area (Å²) in [5.41, 5.74) is 0. The van der Waals surface area contributed by atoms with E-state index in [1.54, 1.807) is 0 Å². The van der Waals surface area contributed by atoms with Crippen LogP contribution in [-0.4, -0.2) is 16.9 Å². The van der Waals surface area contributed by atoms with Gasteiger partial charge >= 0.3 is 0 Å². The highest BCUT2D eigenvalue weighted by molar-refractivity contribution is 7.17. The molecular formula is C8H9ClN2OS. The first-order valence-electron chi connectivity index (χ1n) is 4.09. The smallest absolute Gasteiger partial charge is 0.280 e. The van der Waals surface area contributed by atoms with Gasteiger partial charge in [0.05, 0.1) is 6.20 Å². The molecule has 1 aromatic heterocycles. The molecule has 1 heterocycles. The zero-order chi connectivity index (χ0) is 9.42.